The van der Waals surface area contributed by atoms with E-state index in [9.17, 15) is 39.6 Å². The van der Waals surface area contributed by atoms with Gasteiger partial charge in [-0.1, -0.05) is 72.8 Å². The third-order valence-corrected chi connectivity index (χ3v) is 11.4. The fourth-order valence-electron chi connectivity index (χ4n) is 8.07. The lowest BCUT2D eigenvalue weighted by atomic mass is 9.86. The van der Waals surface area contributed by atoms with E-state index in [1.54, 1.807) is 30.3 Å². The van der Waals surface area contributed by atoms with Crippen LogP contribution in [0.25, 0.3) is 0 Å². The number of aliphatic hydroxyl groups is 2. The third-order valence-electron chi connectivity index (χ3n) is 11.4. The molecule has 0 aromatic heterocycles. The zero-order chi connectivity index (χ0) is 49.1. The van der Waals surface area contributed by atoms with Crippen molar-refractivity contribution in [1.29, 1.82) is 0 Å². The Morgan fingerprint density at radius 1 is 0.530 bits per heavy atom. The van der Waals surface area contributed by atoms with E-state index >= 15 is 0 Å². The number of hydrogen-bond donors (Lipinski definition) is 6. The van der Waals surface area contributed by atoms with Crippen molar-refractivity contribution in [2.45, 2.75) is 142 Å². The Bertz CT molecular complexity index is 2110. The molecule has 0 radical (unpaired) electrons. The van der Waals surface area contributed by atoms with Crippen molar-refractivity contribution in [2.75, 3.05) is 13.1 Å². The lowest BCUT2D eigenvalue weighted by molar-refractivity contribution is -0.159. The number of aliphatic carboxylic acids is 2. The van der Waals surface area contributed by atoms with Gasteiger partial charge in [0.15, 0.2) is 12.2 Å². The molecule has 6 N–H and O–H groups in total. The van der Waals surface area contributed by atoms with Gasteiger partial charge in [-0.15, -0.1) is 0 Å². The van der Waals surface area contributed by atoms with Crippen LogP contribution in [0.3, 0.4) is 0 Å². The third kappa shape index (κ3) is 17.5. The summed E-state index contributed by atoms with van der Waals surface area (Å²) in [4.78, 5) is 49.9. The van der Waals surface area contributed by atoms with Crippen LogP contribution in [-0.2, 0) is 41.9 Å². The van der Waals surface area contributed by atoms with Crippen molar-refractivity contribution < 1.29 is 59.3 Å². The first-order chi connectivity index (χ1) is 31.2. The fraction of sp³-hybridized carbons (Fsp3) is 0.462. The monoisotopic (exact) mass is 914 g/mol. The Morgan fingerprint density at radius 2 is 0.924 bits per heavy atom. The molecule has 4 aromatic carbocycles. The summed E-state index contributed by atoms with van der Waals surface area (Å²) >= 11 is 0. The van der Waals surface area contributed by atoms with Crippen LogP contribution < -0.4 is 0 Å². The molecule has 0 aliphatic heterocycles. The number of aromatic hydroxyl groups is 2. The normalized spacial score (nSPS) is 13.3. The van der Waals surface area contributed by atoms with E-state index in [0.29, 0.717) is 35.3 Å². The highest BCUT2D eigenvalue weighted by Crippen LogP contribution is 2.37. The minimum atomic E-state index is -1.79. The maximum atomic E-state index is 11.9. The Hall–Kier alpha value is -5.80. The number of esters is 2. The fourth-order valence-corrected chi connectivity index (χ4v) is 8.07. The summed E-state index contributed by atoms with van der Waals surface area (Å²) in [7, 11) is 0. The van der Waals surface area contributed by atoms with Crippen LogP contribution in [0.15, 0.2) is 97.1 Å². The second kappa shape index (κ2) is 27.0. The molecule has 0 bridgehead atoms. The number of carboxylic acids is 2. The molecule has 0 saturated carbocycles. The topological polar surface area (TPSA) is 215 Å². The van der Waals surface area contributed by atoms with Crippen molar-refractivity contribution in [3.8, 4) is 11.5 Å². The van der Waals surface area contributed by atoms with Gasteiger partial charge in [0.1, 0.15) is 24.7 Å². The first kappa shape index (κ1) is 54.5. The molecule has 66 heavy (non-hydrogen) atoms. The number of aliphatic hydroxyl groups excluding tert-OH is 2. The number of phenolic OH excluding ortho intramolecular Hbond substituents is 2. The van der Waals surface area contributed by atoms with Gasteiger partial charge in [0, 0.05) is 47.1 Å². The maximum Gasteiger partial charge on any atom is 0.335 e. The van der Waals surface area contributed by atoms with Crippen molar-refractivity contribution in [2.24, 2.45) is 0 Å². The first-order valence-corrected chi connectivity index (χ1v) is 22.6. The highest BCUT2D eigenvalue weighted by molar-refractivity contribution is 5.81. The van der Waals surface area contributed by atoms with E-state index < -0.39 is 48.9 Å². The summed E-state index contributed by atoms with van der Waals surface area (Å²) in [6, 6.07) is 31.6. The second-order valence-electron chi connectivity index (χ2n) is 17.6. The molecular formula is C52H70N2O12. The van der Waals surface area contributed by atoms with Gasteiger partial charge in [0.2, 0.25) is 0 Å². The SMILES string of the molecule is CC(C)N(CC[C@H](c1ccccc1)c1cc(COC(=O)C[C@H](O)C(=O)O)ccc1O)C(C)C.CC(C)N(CC[C@H](c1ccccc1)c1cc(COC(=O)[C@@H](O)CC(=O)O)ccc1O)C(C)C. The number of nitrogens with zero attached hydrogens (tertiary/aromatic N) is 2. The largest absolute Gasteiger partial charge is 0.508 e. The number of hydrogen-bond acceptors (Lipinski definition) is 12. The van der Waals surface area contributed by atoms with E-state index in [4.69, 9.17) is 19.7 Å². The standard InChI is InChI=1S/2C26H35NO6/c1-17(2)27(18(3)4)13-12-21(20-8-6-5-7-9-20)22-14-19(10-11-23(22)28)16-33-25(30)15-24(29)26(31)32;1-17(2)27(18(3)4)13-12-21(20-8-6-5-7-9-20)22-14-19(10-11-23(22)28)16-33-26(32)24(29)15-25(30)31/h5-11,14,17-18,21,24,28-29H,12-13,15-16H2,1-4H3,(H,31,32);5-11,14,17-18,21,24,28-29H,12-13,15-16H2,1-4H3,(H,30,31)/t2*21-,24+/m11/s1. The molecule has 0 fully saturated rings. The van der Waals surface area contributed by atoms with Crippen molar-refractivity contribution >= 4 is 23.9 Å². The van der Waals surface area contributed by atoms with Crippen molar-refractivity contribution in [1.82, 2.24) is 9.80 Å². The number of carbonyl (C=O) groups is 4. The Morgan fingerprint density at radius 3 is 1.29 bits per heavy atom. The number of ether oxygens (including phenoxy) is 2. The smallest absolute Gasteiger partial charge is 0.335 e. The molecule has 4 atom stereocenters. The highest BCUT2D eigenvalue weighted by Gasteiger charge is 2.25. The summed E-state index contributed by atoms with van der Waals surface area (Å²) in [5, 5.41) is 57.7. The van der Waals surface area contributed by atoms with Crippen molar-refractivity contribution in [3.63, 3.8) is 0 Å². The molecule has 0 amide bonds. The molecule has 4 aromatic rings. The van der Waals surface area contributed by atoms with Crippen LogP contribution >= 0.6 is 0 Å². The van der Waals surface area contributed by atoms with Gasteiger partial charge in [0.05, 0.1) is 12.8 Å². The van der Waals surface area contributed by atoms with Gasteiger partial charge in [-0.05, 0) is 128 Å². The number of phenols is 2. The predicted molar refractivity (Wildman–Crippen MR) is 252 cm³/mol. The summed E-state index contributed by atoms with van der Waals surface area (Å²) in [6.45, 7) is 18.8. The van der Waals surface area contributed by atoms with E-state index in [1.165, 1.54) is 0 Å². The second-order valence-corrected chi connectivity index (χ2v) is 17.6. The summed E-state index contributed by atoms with van der Waals surface area (Å²) in [6.07, 6.45) is -3.25. The van der Waals surface area contributed by atoms with Crippen LogP contribution in [0.5, 0.6) is 11.5 Å². The van der Waals surface area contributed by atoms with E-state index in [1.807, 2.05) is 66.7 Å². The van der Waals surface area contributed by atoms with Gasteiger partial charge < -0.3 is 40.1 Å². The number of carboxylic acid groups (broad SMARTS) is 2. The summed E-state index contributed by atoms with van der Waals surface area (Å²) < 4.78 is 10.2. The van der Waals surface area contributed by atoms with Crippen LogP contribution in [0.1, 0.15) is 126 Å². The molecule has 0 saturated heterocycles. The Labute approximate surface area is 389 Å². The number of benzene rings is 4. The summed E-state index contributed by atoms with van der Waals surface area (Å²) in [5.74, 6) is -4.35. The minimum Gasteiger partial charge on any atom is -0.508 e. The van der Waals surface area contributed by atoms with Crippen LogP contribution in [0.2, 0.25) is 0 Å². The molecule has 0 unspecified atom stereocenters. The Kier molecular flexibility index (Phi) is 22.3. The van der Waals surface area contributed by atoms with Gasteiger partial charge in [0.25, 0.3) is 0 Å². The predicted octanol–water partition coefficient (Wildman–Crippen LogP) is 7.82. The first-order valence-electron chi connectivity index (χ1n) is 22.6. The van der Waals surface area contributed by atoms with Gasteiger partial charge in [-0.25, -0.2) is 9.59 Å². The summed E-state index contributed by atoms with van der Waals surface area (Å²) in [5.41, 5.74) is 4.95. The molecule has 14 nitrogen and oxygen atoms in total. The van der Waals surface area contributed by atoms with E-state index in [2.05, 4.69) is 65.2 Å². The average Bonchev–Trinajstić information content (AvgIpc) is 3.26. The van der Waals surface area contributed by atoms with Gasteiger partial charge in [-0.2, -0.15) is 0 Å². The Balaban J connectivity index is 0.000000350. The number of rotatable bonds is 24. The zero-order valence-corrected chi connectivity index (χ0v) is 39.5. The lowest BCUT2D eigenvalue weighted by Gasteiger charge is -2.32. The molecule has 360 valence electrons. The van der Waals surface area contributed by atoms with Crippen LogP contribution in [0.4, 0.5) is 0 Å². The minimum absolute atomic E-state index is 0.0596. The molecule has 14 heteroatoms. The number of carbonyl (C=O) groups excluding carboxylic acids is 2. The van der Waals surface area contributed by atoms with Gasteiger partial charge >= 0.3 is 23.9 Å². The van der Waals surface area contributed by atoms with Crippen LogP contribution in [-0.4, -0.2) is 114 Å². The molecular weight excluding hydrogens is 845 g/mol. The van der Waals surface area contributed by atoms with Crippen molar-refractivity contribution in [3.05, 3.63) is 130 Å². The van der Waals surface area contributed by atoms with E-state index in [-0.39, 0.29) is 36.5 Å². The highest BCUT2D eigenvalue weighted by atomic mass is 16.5. The molecule has 4 rings (SSSR count). The zero-order valence-electron chi connectivity index (χ0n) is 39.5. The average molecular weight is 915 g/mol. The quantitative estimate of drug-likeness (QED) is 0.0370. The van der Waals surface area contributed by atoms with Gasteiger partial charge in [-0.3, -0.25) is 19.4 Å². The molecule has 0 aliphatic carbocycles. The molecule has 0 heterocycles. The van der Waals surface area contributed by atoms with Crippen LogP contribution in [0, 0.1) is 0 Å². The lowest BCUT2D eigenvalue weighted by Crippen LogP contribution is -2.38. The van der Waals surface area contributed by atoms with E-state index in [0.717, 1.165) is 48.2 Å². The molecule has 0 aliphatic rings. The maximum absolute atomic E-state index is 11.9. The molecule has 0 spiro atoms.